The van der Waals surface area contributed by atoms with Crippen LogP contribution in [0.4, 0.5) is 0 Å². The van der Waals surface area contributed by atoms with Gasteiger partial charge in [0.25, 0.3) is 0 Å². The normalized spacial score (nSPS) is 11.6. The van der Waals surface area contributed by atoms with E-state index in [-0.39, 0.29) is 0 Å². The van der Waals surface area contributed by atoms with Crippen molar-refractivity contribution in [3.8, 4) is 0 Å². The molecule has 0 radical (unpaired) electrons. The van der Waals surface area contributed by atoms with E-state index >= 15 is 0 Å². The first-order valence-corrected chi connectivity index (χ1v) is 7.42. The molecule has 0 aliphatic heterocycles. The molecule has 2 heteroatoms. The zero-order chi connectivity index (χ0) is 13.8. The van der Waals surface area contributed by atoms with Gasteiger partial charge in [-0.05, 0) is 49.1 Å². The number of hydrogen-bond donors (Lipinski definition) is 1. The predicted octanol–water partition coefficient (Wildman–Crippen LogP) is 3.67. The molecule has 0 saturated carbocycles. The fraction of sp³-hybridized carbons (Fsp3) is 0.529. The molecule has 0 bridgehead atoms. The molecule has 0 aliphatic rings. The summed E-state index contributed by atoms with van der Waals surface area (Å²) in [7, 11) is 2.14. The Balaban J connectivity index is 2.13. The van der Waals surface area contributed by atoms with Crippen molar-refractivity contribution >= 4 is 10.9 Å². The van der Waals surface area contributed by atoms with Crippen molar-refractivity contribution in [2.45, 2.75) is 46.1 Å². The first-order chi connectivity index (χ1) is 9.11. The van der Waals surface area contributed by atoms with Crippen molar-refractivity contribution in [1.29, 1.82) is 0 Å². The molecule has 19 heavy (non-hydrogen) atoms. The van der Waals surface area contributed by atoms with Crippen LogP contribution in [0.1, 0.15) is 38.3 Å². The molecule has 0 aliphatic carbocycles. The Morgan fingerprint density at radius 3 is 2.74 bits per heavy atom. The lowest BCUT2D eigenvalue weighted by molar-refractivity contribution is 0.571. The number of nitrogens with one attached hydrogen (secondary N) is 1. The first kappa shape index (κ1) is 14.1. The molecule has 1 heterocycles. The van der Waals surface area contributed by atoms with Gasteiger partial charge in [-0.1, -0.05) is 26.8 Å². The van der Waals surface area contributed by atoms with Crippen LogP contribution in [0.15, 0.2) is 24.4 Å². The minimum absolute atomic E-state index is 0.583. The Labute approximate surface area is 116 Å². The van der Waals surface area contributed by atoms with E-state index < -0.39 is 0 Å². The molecule has 1 aromatic heterocycles. The van der Waals surface area contributed by atoms with Gasteiger partial charge < -0.3 is 9.88 Å². The van der Waals surface area contributed by atoms with Crippen LogP contribution in [0.3, 0.4) is 0 Å². The number of fused-ring (bicyclic) bond motifs is 1. The largest absolute Gasteiger partial charge is 0.350 e. The average molecular weight is 258 g/mol. The van der Waals surface area contributed by atoms with Gasteiger partial charge in [0.1, 0.15) is 0 Å². The van der Waals surface area contributed by atoms with E-state index in [0.717, 1.165) is 19.4 Å². The lowest BCUT2D eigenvalue weighted by atomic mass is 10.0. The minimum Gasteiger partial charge on any atom is -0.350 e. The highest BCUT2D eigenvalue weighted by atomic mass is 14.9. The summed E-state index contributed by atoms with van der Waals surface area (Å²) in [6.45, 7) is 7.72. The lowest BCUT2D eigenvalue weighted by Crippen LogP contribution is -2.23. The van der Waals surface area contributed by atoms with E-state index in [1.807, 2.05) is 0 Å². The summed E-state index contributed by atoms with van der Waals surface area (Å²) in [6, 6.07) is 7.44. The highest BCUT2D eigenvalue weighted by Crippen LogP contribution is 2.23. The average Bonchev–Trinajstić information content (AvgIpc) is 2.71. The van der Waals surface area contributed by atoms with Crippen LogP contribution in [0.5, 0.6) is 0 Å². The molecule has 0 saturated heterocycles. The predicted molar refractivity (Wildman–Crippen MR) is 83.8 cm³/mol. The molecule has 2 rings (SSSR count). The Morgan fingerprint density at radius 1 is 1.26 bits per heavy atom. The summed E-state index contributed by atoms with van der Waals surface area (Å²) in [6.07, 6.45) is 5.76. The third-order valence-electron chi connectivity index (χ3n) is 3.72. The van der Waals surface area contributed by atoms with E-state index in [1.54, 1.807) is 0 Å². The van der Waals surface area contributed by atoms with Crippen LogP contribution < -0.4 is 5.32 Å². The summed E-state index contributed by atoms with van der Waals surface area (Å²) in [5, 5.41) is 4.92. The molecular formula is C17H26N2. The van der Waals surface area contributed by atoms with E-state index in [0.29, 0.717) is 6.04 Å². The molecule has 2 aromatic rings. The maximum atomic E-state index is 3.49. The maximum absolute atomic E-state index is 3.49. The third-order valence-corrected chi connectivity index (χ3v) is 3.72. The minimum atomic E-state index is 0.583. The Bertz CT molecular complexity index is 537. The van der Waals surface area contributed by atoms with Gasteiger partial charge in [-0.2, -0.15) is 0 Å². The molecule has 1 N–H and O–H groups in total. The van der Waals surface area contributed by atoms with Crippen molar-refractivity contribution < 1.29 is 0 Å². The number of aryl methyl sites for hydroxylation is 3. The molecule has 0 spiro atoms. The second kappa shape index (κ2) is 6.25. The summed E-state index contributed by atoms with van der Waals surface area (Å²) < 4.78 is 2.25. The van der Waals surface area contributed by atoms with E-state index in [4.69, 9.17) is 0 Å². The third kappa shape index (κ3) is 3.38. The fourth-order valence-corrected chi connectivity index (χ4v) is 2.61. The summed E-state index contributed by atoms with van der Waals surface area (Å²) in [5.41, 5.74) is 4.27. The molecule has 0 fully saturated rings. The van der Waals surface area contributed by atoms with Gasteiger partial charge in [-0.3, -0.25) is 0 Å². The zero-order valence-electron chi connectivity index (χ0n) is 12.7. The van der Waals surface area contributed by atoms with Gasteiger partial charge in [0.15, 0.2) is 0 Å². The summed E-state index contributed by atoms with van der Waals surface area (Å²) >= 11 is 0. The lowest BCUT2D eigenvalue weighted by Gasteiger charge is -2.07. The Morgan fingerprint density at radius 2 is 2.05 bits per heavy atom. The SMILES string of the molecule is CCc1ccc2c(c1)c(CCCNC(C)C)cn2C. The Kier molecular flexibility index (Phi) is 4.65. The standard InChI is InChI=1S/C17H26N2/c1-5-14-8-9-17-16(11-14)15(12-19(17)4)7-6-10-18-13(2)3/h8-9,11-13,18H,5-7,10H2,1-4H3. The first-order valence-electron chi connectivity index (χ1n) is 7.42. The van der Waals surface area contributed by atoms with Crippen LogP contribution in [-0.4, -0.2) is 17.2 Å². The van der Waals surface area contributed by atoms with Gasteiger partial charge in [-0.15, -0.1) is 0 Å². The number of rotatable bonds is 6. The van der Waals surface area contributed by atoms with Crippen molar-refractivity contribution in [1.82, 2.24) is 9.88 Å². The number of benzene rings is 1. The van der Waals surface area contributed by atoms with Gasteiger partial charge in [0, 0.05) is 30.2 Å². The zero-order valence-corrected chi connectivity index (χ0v) is 12.7. The number of aromatic nitrogens is 1. The fourth-order valence-electron chi connectivity index (χ4n) is 2.61. The van der Waals surface area contributed by atoms with Gasteiger partial charge in [-0.25, -0.2) is 0 Å². The van der Waals surface area contributed by atoms with Crippen molar-refractivity contribution in [3.05, 3.63) is 35.5 Å². The topological polar surface area (TPSA) is 17.0 Å². The van der Waals surface area contributed by atoms with Crippen molar-refractivity contribution in [3.63, 3.8) is 0 Å². The quantitative estimate of drug-likeness (QED) is 0.782. The van der Waals surface area contributed by atoms with Crippen LogP contribution in [0.2, 0.25) is 0 Å². The second-order valence-corrected chi connectivity index (χ2v) is 5.68. The van der Waals surface area contributed by atoms with Crippen LogP contribution in [0.25, 0.3) is 10.9 Å². The van der Waals surface area contributed by atoms with Gasteiger partial charge in [0.05, 0.1) is 0 Å². The van der Waals surface area contributed by atoms with Crippen molar-refractivity contribution in [2.24, 2.45) is 7.05 Å². The molecular weight excluding hydrogens is 232 g/mol. The maximum Gasteiger partial charge on any atom is 0.0480 e. The molecule has 0 amide bonds. The molecule has 1 aromatic carbocycles. The van der Waals surface area contributed by atoms with Crippen LogP contribution >= 0.6 is 0 Å². The summed E-state index contributed by atoms with van der Waals surface area (Å²) in [5.74, 6) is 0. The van der Waals surface area contributed by atoms with Crippen LogP contribution in [-0.2, 0) is 19.9 Å². The summed E-state index contributed by atoms with van der Waals surface area (Å²) in [4.78, 5) is 0. The van der Waals surface area contributed by atoms with Crippen molar-refractivity contribution in [2.75, 3.05) is 6.54 Å². The van der Waals surface area contributed by atoms with Gasteiger partial charge in [0.2, 0.25) is 0 Å². The smallest absolute Gasteiger partial charge is 0.0480 e. The number of hydrogen-bond acceptors (Lipinski definition) is 1. The van der Waals surface area contributed by atoms with Gasteiger partial charge >= 0.3 is 0 Å². The molecule has 104 valence electrons. The van der Waals surface area contributed by atoms with E-state index in [9.17, 15) is 0 Å². The Hall–Kier alpha value is -1.28. The highest BCUT2D eigenvalue weighted by molar-refractivity contribution is 5.84. The molecule has 0 atom stereocenters. The second-order valence-electron chi connectivity index (χ2n) is 5.68. The van der Waals surface area contributed by atoms with Crippen LogP contribution in [0, 0.1) is 0 Å². The highest BCUT2D eigenvalue weighted by Gasteiger charge is 2.07. The molecule has 2 nitrogen and oxygen atoms in total. The molecule has 0 unspecified atom stereocenters. The van der Waals surface area contributed by atoms with E-state index in [1.165, 1.54) is 28.5 Å². The number of nitrogens with zero attached hydrogens (tertiary/aromatic N) is 1. The monoisotopic (exact) mass is 258 g/mol. The van der Waals surface area contributed by atoms with E-state index in [2.05, 4.69) is 62.1 Å².